The van der Waals surface area contributed by atoms with Gasteiger partial charge in [-0.1, -0.05) is 158 Å². The van der Waals surface area contributed by atoms with Crippen molar-refractivity contribution in [3.05, 3.63) is 188 Å². The molecule has 270 valence electrons. The minimum Gasteiger partial charge on any atom is -0.236 e. The zero-order chi connectivity index (χ0) is 38.2. The molecule has 12 rings (SSSR count). The van der Waals surface area contributed by atoms with Crippen LogP contribution in [0.25, 0.3) is 118 Å². The third-order valence-corrected chi connectivity index (χ3v) is 13.5. The second-order valence-corrected chi connectivity index (χ2v) is 16.8. The summed E-state index contributed by atoms with van der Waals surface area (Å²) in [5.41, 5.74) is 9.24. The molecule has 0 N–H and O–H groups in total. The van der Waals surface area contributed by atoms with Gasteiger partial charge in [0.15, 0.2) is 5.82 Å². The lowest BCUT2D eigenvalue weighted by atomic mass is 9.93. The first kappa shape index (κ1) is 33.1. The van der Waals surface area contributed by atoms with Gasteiger partial charge in [-0.15, -0.1) is 22.7 Å². The lowest BCUT2D eigenvalue weighted by Crippen LogP contribution is -1.97. The molecule has 0 amide bonds. The molecule has 5 heteroatoms. The highest BCUT2D eigenvalue weighted by atomic mass is 32.1. The van der Waals surface area contributed by atoms with Crippen molar-refractivity contribution in [3.63, 3.8) is 0 Å². The Morgan fingerprint density at radius 1 is 0.310 bits per heavy atom. The average Bonchev–Trinajstić information content (AvgIpc) is 3.87. The molecule has 0 radical (unpaired) electrons. The summed E-state index contributed by atoms with van der Waals surface area (Å²) in [7, 11) is 0. The van der Waals surface area contributed by atoms with Crippen LogP contribution in [0, 0.1) is 0 Å². The molecule has 4 heterocycles. The van der Waals surface area contributed by atoms with Gasteiger partial charge in [-0.25, -0.2) is 15.0 Å². The summed E-state index contributed by atoms with van der Waals surface area (Å²) in [6, 6.07) is 67.2. The van der Waals surface area contributed by atoms with E-state index in [1.165, 1.54) is 57.5 Å². The van der Waals surface area contributed by atoms with Crippen LogP contribution < -0.4 is 0 Å². The van der Waals surface area contributed by atoms with E-state index in [0.717, 1.165) is 54.9 Å². The first-order chi connectivity index (χ1) is 28.7. The highest BCUT2D eigenvalue weighted by Crippen LogP contribution is 2.43. The van der Waals surface area contributed by atoms with Crippen LogP contribution >= 0.6 is 22.7 Å². The minimum absolute atomic E-state index is 0.675. The van der Waals surface area contributed by atoms with Crippen LogP contribution in [0.2, 0.25) is 0 Å². The van der Waals surface area contributed by atoms with E-state index in [4.69, 9.17) is 15.0 Å². The first-order valence-electron chi connectivity index (χ1n) is 19.4. The number of benzene rings is 8. The minimum atomic E-state index is 0.675. The summed E-state index contributed by atoms with van der Waals surface area (Å²) in [6.45, 7) is 0. The van der Waals surface area contributed by atoms with Gasteiger partial charge in [-0.2, -0.15) is 0 Å². The Morgan fingerprint density at radius 2 is 0.914 bits per heavy atom. The van der Waals surface area contributed by atoms with Crippen molar-refractivity contribution in [2.24, 2.45) is 0 Å². The number of pyridine rings is 1. The van der Waals surface area contributed by atoms with Crippen molar-refractivity contribution in [2.75, 3.05) is 0 Å². The van der Waals surface area contributed by atoms with Gasteiger partial charge in [0.05, 0.1) is 17.1 Å². The second-order valence-electron chi connectivity index (χ2n) is 14.7. The van der Waals surface area contributed by atoms with Crippen molar-refractivity contribution in [1.82, 2.24) is 15.0 Å². The fraction of sp³-hybridized carbons (Fsp3) is 0. The van der Waals surface area contributed by atoms with Gasteiger partial charge in [0.2, 0.25) is 0 Å². The predicted molar refractivity (Wildman–Crippen MR) is 248 cm³/mol. The Balaban J connectivity index is 1.02. The number of hydrogen-bond donors (Lipinski definition) is 0. The number of aromatic nitrogens is 3. The third-order valence-electron chi connectivity index (χ3n) is 11.3. The third kappa shape index (κ3) is 5.36. The maximum absolute atomic E-state index is 5.37. The molecular formula is C53H31N3S2. The predicted octanol–water partition coefficient (Wildman–Crippen LogP) is 15.2. The van der Waals surface area contributed by atoms with E-state index in [0.29, 0.717) is 5.82 Å². The molecule has 0 unspecified atom stereocenters. The fourth-order valence-electron chi connectivity index (χ4n) is 8.61. The van der Waals surface area contributed by atoms with Gasteiger partial charge < -0.3 is 0 Å². The standard InChI is InChI=1S/C53H31N3S2/c1-2-13-32(14-3-1)45-31-46(39-28-27-36(37-17-4-5-18-38(37)39)33-25-26-41-40-19-8-10-23-47(40)57-49(41)30-33)55-52(54-45)35-16-12-15-34(29-35)51-43-21-7-6-20-42(43)50-44-22-9-11-24-48(44)58-53(50)56-51/h1-31H. The fourth-order valence-corrected chi connectivity index (χ4v) is 10.8. The van der Waals surface area contributed by atoms with E-state index >= 15 is 0 Å². The molecular weight excluding hydrogens is 743 g/mol. The van der Waals surface area contributed by atoms with E-state index in [2.05, 4.69) is 182 Å². The molecule has 0 aliphatic heterocycles. The SMILES string of the molecule is c1ccc(-c2cc(-c3ccc(-c4ccc5c(c4)sc4ccccc45)c4ccccc34)nc(-c3cccc(-c4nc5sc6ccccc6c5c5ccccc45)c3)n2)cc1. The van der Waals surface area contributed by atoms with Crippen LogP contribution in [-0.2, 0) is 0 Å². The van der Waals surface area contributed by atoms with Crippen LogP contribution in [0.4, 0.5) is 0 Å². The zero-order valence-corrected chi connectivity index (χ0v) is 32.7. The highest BCUT2D eigenvalue weighted by molar-refractivity contribution is 7.26. The smallest absolute Gasteiger partial charge is 0.160 e. The molecule has 58 heavy (non-hydrogen) atoms. The van der Waals surface area contributed by atoms with E-state index in [1.807, 2.05) is 17.4 Å². The summed E-state index contributed by atoms with van der Waals surface area (Å²) < 4.78 is 3.86. The largest absolute Gasteiger partial charge is 0.236 e. The topological polar surface area (TPSA) is 38.7 Å². The molecule has 0 aliphatic carbocycles. The normalized spacial score (nSPS) is 11.8. The summed E-state index contributed by atoms with van der Waals surface area (Å²) in [5, 5.41) is 9.79. The Hall–Kier alpha value is -7.05. The Morgan fingerprint density at radius 3 is 1.74 bits per heavy atom. The highest BCUT2D eigenvalue weighted by Gasteiger charge is 2.18. The van der Waals surface area contributed by atoms with Crippen LogP contribution in [0.1, 0.15) is 0 Å². The van der Waals surface area contributed by atoms with Crippen LogP contribution in [0.3, 0.4) is 0 Å². The Bertz CT molecular complexity index is 3580. The lowest BCUT2D eigenvalue weighted by molar-refractivity contribution is 1.18. The van der Waals surface area contributed by atoms with Crippen molar-refractivity contribution < 1.29 is 0 Å². The van der Waals surface area contributed by atoms with Gasteiger partial charge >= 0.3 is 0 Å². The van der Waals surface area contributed by atoms with Gasteiger partial charge in [0.1, 0.15) is 4.83 Å². The maximum atomic E-state index is 5.37. The lowest BCUT2D eigenvalue weighted by Gasteiger charge is -2.14. The number of fused-ring (bicyclic) bond motifs is 9. The number of nitrogens with zero attached hydrogens (tertiary/aromatic N) is 3. The van der Waals surface area contributed by atoms with E-state index in [9.17, 15) is 0 Å². The molecule has 8 aromatic carbocycles. The van der Waals surface area contributed by atoms with E-state index < -0.39 is 0 Å². The van der Waals surface area contributed by atoms with Crippen molar-refractivity contribution in [2.45, 2.75) is 0 Å². The Labute approximate surface area is 342 Å². The quantitative estimate of drug-likeness (QED) is 0.175. The summed E-state index contributed by atoms with van der Waals surface area (Å²) >= 11 is 3.61. The summed E-state index contributed by atoms with van der Waals surface area (Å²) in [5.74, 6) is 0.675. The molecule has 4 aromatic heterocycles. The zero-order valence-electron chi connectivity index (χ0n) is 31.1. The number of rotatable bonds is 5. The van der Waals surface area contributed by atoms with Crippen LogP contribution in [0.15, 0.2) is 188 Å². The van der Waals surface area contributed by atoms with Crippen molar-refractivity contribution >= 4 is 84.7 Å². The van der Waals surface area contributed by atoms with Gasteiger partial charge in [-0.05, 0) is 57.6 Å². The van der Waals surface area contributed by atoms with E-state index in [1.54, 1.807) is 11.3 Å². The average molecular weight is 774 g/mol. The summed E-state index contributed by atoms with van der Waals surface area (Å²) in [6.07, 6.45) is 0. The monoisotopic (exact) mass is 773 g/mol. The molecule has 12 aromatic rings. The number of hydrogen-bond acceptors (Lipinski definition) is 5. The summed E-state index contributed by atoms with van der Waals surface area (Å²) in [4.78, 5) is 17.0. The molecule has 0 saturated carbocycles. The van der Waals surface area contributed by atoms with Crippen molar-refractivity contribution in [1.29, 1.82) is 0 Å². The maximum Gasteiger partial charge on any atom is 0.160 e. The molecule has 0 saturated heterocycles. The molecule has 0 atom stereocenters. The first-order valence-corrected chi connectivity index (χ1v) is 21.1. The molecule has 0 fully saturated rings. The molecule has 0 spiro atoms. The van der Waals surface area contributed by atoms with Gasteiger partial charge in [-0.3, -0.25) is 0 Å². The van der Waals surface area contributed by atoms with E-state index in [-0.39, 0.29) is 0 Å². The second kappa shape index (κ2) is 13.3. The van der Waals surface area contributed by atoms with Crippen LogP contribution in [-0.4, -0.2) is 15.0 Å². The van der Waals surface area contributed by atoms with Crippen molar-refractivity contribution in [3.8, 4) is 56.3 Å². The van der Waals surface area contributed by atoms with Gasteiger partial charge in [0.25, 0.3) is 0 Å². The van der Waals surface area contributed by atoms with Gasteiger partial charge in [0, 0.05) is 63.3 Å². The van der Waals surface area contributed by atoms with Crippen LogP contribution in [0.5, 0.6) is 0 Å². The Kier molecular flexibility index (Phi) is 7.58. The molecule has 3 nitrogen and oxygen atoms in total. The molecule has 0 aliphatic rings. The number of thiophene rings is 2. The molecule has 0 bridgehead atoms.